The van der Waals surface area contributed by atoms with Crippen molar-refractivity contribution in [2.45, 2.75) is 18.7 Å². The van der Waals surface area contributed by atoms with Crippen LogP contribution in [0.1, 0.15) is 24.2 Å². The van der Waals surface area contributed by atoms with Gasteiger partial charge in [-0.3, -0.25) is 9.00 Å². The van der Waals surface area contributed by atoms with Gasteiger partial charge in [0.1, 0.15) is 6.29 Å². The third-order valence-electron chi connectivity index (χ3n) is 1.74. The number of carbonyl (C=O) groups is 1. The molecule has 0 aromatic heterocycles. The van der Waals surface area contributed by atoms with Crippen molar-refractivity contribution in [3.05, 3.63) is 29.8 Å². The van der Waals surface area contributed by atoms with Gasteiger partial charge in [-0.15, -0.1) is 0 Å². The van der Waals surface area contributed by atoms with Crippen LogP contribution < -0.4 is 0 Å². The average molecular weight is 210 g/mol. The Hall–Kier alpha value is -0.960. The third-order valence-corrected chi connectivity index (χ3v) is 3.49. The van der Waals surface area contributed by atoms with Crippen LogP contribution in [0.2, 0.25) is 0 Å². The smallest absolute Gasteiger partial charge is 0.150 e. The van der Waals surface area contributed by atoms with Crippen molar-refractivity contribution in [3.63, 3.8) is 0 Å². The summed E-state index contributed by atoms with van der Waals surface area (Å²) < 4.78 is 11.7. The summed E-state index contributed by atoms with van der Waals surface area (Å²) in [5.41, 5.74) is 0.583. The Labute approximate surface area is 86.8 Å². The molecule has 0 spiro atoms. The molecule has 0 saturated heterocycles. The normalized spacial score (nSPS) is 12.8. The molecule has 0 saturated carbocycles. The first-order chi connectivity index (χ1) is 6.63. The van der Waals surface area contributed by atoms with E-state index in [1.54, 1.807) is 24.3 Å². The minimum atomic E-state index is -0.984. The van der Waals surface area contributed by atoms with E-state index in [2.05, 4.69) is 0 Å². The topological polar surface area (TPSA) is 34.1 Å². The highest BCUT2D eigenvalue weighted by Gasteiger charge is 2.06. The van der Waals surface area contributed by atoms with Gasteiger partial charge >= 0.3 is 0 Å². The van der Waals surface area contributed by atoms with Gasteiger partial charge < -0.3 is 0 Å². The predicted octanol–water partition coefficient (Wildman–Crippen LogP) is 2.26. The minimum absolute atomic E-state index is 0.399. The highest BCUT2D eigenvalue weighted by atomic mass is 32.2. The average Bonchev–Trinajstić information content (AvgIpc) is 2.17. The molecule has 0 fully saturated rings. The van der Waals surface area contributed by atoms with Crippen molar-refractivity contribution in [1.29, 1.82) is 0 Å². The number of benzene rings is 1. The minimum Gasteiger partial charge on any atom is -0.298 e. The maximum absolute atomic E-state index is 11.7. The Morgan fingerprint density at radius 1 is 1.43 bits per heavy atom. The van der Waals surface area contributed by atoms with E-state index in [1.165, 1.54) is 0 Å². The Kier molecular flexibility index (Phi) is 4.01. The fourth-order valence-corrected chi connectivity index (χ4v) is 2.42. The quantitative estimate of drug-likeness (QED) is 0.714. The Balaban J connectivity index is 2.84. The van der Waals surface area contributed by atoms with E-state index >= 15 is 0 Å². The summed E-state index contributed by atoms with van der Waals surface area (Å²) in [6.07, 6.45) is 0.774. The van der Waals surface area contributed by atoms with Crippen LogP contribution in [-0.2, 0) is 10.8 Å². The summed E-state index contributed by atoms with van der Waals surface area (Å²) in [4.78, 5) is 11.2. The maximum Gasteiger partial charge on any atom is 0.150 e. The molecule has 0 bridgehead atoms. The van der Waals surface area contributed by atoms with Crippen molar-refractivity contribution in [2.24, 2.45) is 5.92 Å². The molecule has 3 heteroatoms. The van der Waals surface area contributed by atoms with Crippen molar-refractivity contribution >= 4 is 17.1 Å². The fourth-order valence-electron chi connectivity index (χ4n) is 1.13. The Morgan fingerprint density at radius 3 is 2.71 bits per heavy atom. The monoisotopic (exact) mass is 210 g/mol. The Morgan fingerprint density at radius 2 is 2.14 bits per heavy atom. The number of hydrogen-bond donors (Lipinski definition) is 0. The number of carbonyl (C=O) groups excluding carboxylic acids is 1. The SMILES string of the molecule is CC(C)CS(=O)c1cccc(C=O)c1. The lowest BCUT2D eigenvalue weighted by atomic mass is 10.2. The largest absolute Gasteiger partial charge is 0.298 e. The zero-order valence-corrected chi connectivity index (χ0v) is 9.21. The van der Waals surface area contributed by atoms with Gasteiger partial charge in [-0.1, -0.05) is 26.0 Å². The van der Waals surface area contributed by atoms with Gasteiger partial charge in [-0.2, -0.15) is 0 Å². The van der Waals surface area contributed by atoms with E-state index in [0.717, 1.165) is 11.2 Å². The molecule has 0 heterocycles. The number of aldehydes is 1. The van der Waals surface area contributed by atoms with Crippen molar-refractivity contribution < 1.29 is 9.00 Å². The van der Waals surface area contributed by atoms with Crippen molar-refractivity contribution in [1.82, 2.24) is 0 Å². The van der Waals surface area contributed by atoms with Gasteiger partial charge in [-0.25, -0.2) is 0 Å². The molecule has 1 unspecified atom stereocenters. The van der Waals surface area contributed by atoms with Crippen LogP contribution in [0.25, 0.3) is 0 Å². The molecule has 1 rings (SSSR count). The molecule has 0 aliphatic carbocycles. The van der Waals surface area contributed by atoms with E-state index in [-0.39, 0.29) is 0 Å². The standard InChI is InChI=1S/C11H14O2S/c1-9(2)8-14(13)11-5-3-4-10(6-11)7-12/h3-7,9H,8H2,1-2H3. The number of hydrogen-bond acceptors (Lipinski definition) is 2. The molecular formula is C11H14O2S. The van der Waals surface area contributed by atoms with Gasteiger partial charge in [0.15, 0.2) is 0 Å². The number of rotatable bonds is 4. The summed E-state index contributed by atoms with van der Waals surface area (Å²) in [6.45, 7) is 4.06. The van der Waals surface area contributed by atoms with Crippen LogP contribution in [0.15, 0.2) is 29.2 Å². The molecule has 14 heavy (non-hydrogen) atoms. The van der Waals surface area contributed by atoms with Gasteiger partial charge in [0, 0.05) is 16.2 Å². The lowest BCUT2D eigenvalue weighted by Crippen LogP contribution is -2.04. The second-order valence-corrected chi connectivity index (χ2v) is 5.09. The molecule has 1 aromatic carbocycles. The Bertz CT molecular complexity index is 345. The highest BCUT2D eigenvalue weighted by Crippen LogP contribution is 2.11. The van der Waals surface area contributed by atoms with E-state index in [0.29, 0.717) is 17.2 Å². The molecule has 0 aliphatic rings. The van der Waals surface area contributed by atoms with E-state index in [4.69, 9.17) is 0 Å². The summed E-state index contributed by atoms with van der Waals surface area (Å²) in [5.74, 6) is 1.04. The third kappa shape index (κ3) is 3.07. The van der Waals surface area contributed by atoms with Gasteiger partial charge in [0.2, 0.25) is 0 Å². The first-order valence-electron chi connectivity index (χ1n) is 4.57. The molecule has 1 aromatic rings. The summed E-state index contributed by atoms with van der Waals surface area (Å²) in [6, 6.07) is 6.96. The molecule has 0 N–H and O–H groups in total. The first-order valence-corrected chi connectivity index (χ1v) is 5.89. The molecule has 0 amide bonds. The van der Waals surface area contributed by atoms with E-state index in [9.17, 15) is 9.00 Å². The summed E-state index contributed by atoms with van der Waals surface area (Å²) >= 11 is 0. The predicted molar refractivity (Wildman–Crippen MR) is 57.9 cm³/mol. The van der Waals surface area contributed by atoms with Crippen LogP contribution in [0, 0.1) is 5.92 Å². The van der Waals surface area contributed by atoms with Gasteiger partial charge in [0.25, 0.3) is 0 Å². The first kappa shape index (κ1) is 11.1. The summed E-state index contributed by atoms with van der Waals surface area (Å²) in [7, 11) is -0.984. The highest BCUT2D eigenvalue weighted by molar-refractivity contribution is 7.85. The molecule has 0 radical (unpaired) electrons. The van der Waals surface area contributed by atoms with Crippen molar-refractivity contribution in [3.8, 4) is 0 Å². The van der Waals surface area contributed by atoms with Gasteiger partial charge in [0.05, 0.1) is 10.8 Å². The lowest BCUT2D eigenvalue weighted by molar-refractivity contribution is 0.112. The molecule has 2 nitrogen and oxygen atoms in total. The fraction of sp³-hybridized carbons (Fsp3) is 0.364. The van der Waals surface area contributed by atoms with Crippen LogP contribution in [0.4, 0.5) is 0 Å². The zero-order chi connectivity index (χ0) is 10.6. The molecule has 1 atom stereocenters. The van der Waals surface area contributed by atoms with Gasteiger partial charge in [-0.05, 0) is 18.1 Å². The molecular weight excluding hydrogens is 196 g/mol. The second kappa shape index (κ2) is 5.05. The van der Waals surface area contributed by atoms with Crippen LogP contribution in [-0.4, -0.2) is 16.2 Å². The zero-order valence-electron chi connectivity index (χ0n) is 8.40. The molecule has 76 valence electrons. The van der Waals surface area contributed by atoms with E-state index in [1.807, 2.05) is 13.8 Å². The summed E-state index contributed by atoms with van der Waals surface area (Å²) in [5, 5.41) is 0. The van der Waals surface area contributed by atoms with Crippen LogP contribution >= 0.6 is 0 Å². The van der Waals surface area contributed by atoms with Crippen molar-refractivity contribution in [2.75, 3.05) is 5.75 Å². The van der Waals surface area contributed by atoms with Crippen LogP contribution in [0.3, 0.4) is 0 Å². The molecule has 0 aliphatic heterocycles. The van der Waals surface area contributed by atoms with Crippen LogP contribution in [0.5, 0.6) is 0 Å². The van der Waals surface area contributed by atoms with E-state index < -0.39 is 10.8 Å². The maximum atomic E-state index is 11.7. The lowest BCUT2D eigenvalue weighted by Gasteiger charge is -2.05. The second-order valence-electron chi connectivity index (χ2n) is 3.60.